The monoisotopic (exact) mass is 289 g/mol. The Morgan fingerprint density at radius 2 is 1.89 bits per heavy atom. The highest BCUT2D eigenvalue weighted by molar-refractivity contribution is 7.89. The smallest absolute Gasteiger partial charge is 0.209 e. The van der Waals surface area contributed by atoms with Gasteiger partial charge in [-0.3, -0.25) is 0 Å². The Balaban J connectivity index is 2.53. The molecule has 0 aromatic heterocycles. The second-order valence-corrected chi connectivity index (χ2v) is 5.66. The lowest BCUT2D eigenvalue weighted by molar-refractivity contribution is 0.533. The first kappa shape index (κ1) is 15.5. The van der Waals surface area contributed by atoms with Crippen molar-refractivity contribution < 1.29 is 17.2 Å². The number of benzene rings is 1. The lowest BCUT2D eigenvalue weighted by Crippen LogP contribution is -2.22. The van der Waals surface area contributed by atoms with Crippen molar-refractivity contribution >= 4 is 10.0 Å². The van der Waals surface area contributed by atoms with Gasteiger partial charge in [0.05, 0.1) is 17.4 Å². The first-order valence-corrected chi connectivity index (χ1v) is 7.14. The summed E-state index contributed by atoms with van der Waals surface area (Å²) >= 11 is 0. The molecule has 3 N–H and O–H groups in total. The van der Waals surface area contributed by atoms with Crippen LogP contribution in [0.4, 0.5) is 8.78 Å². The Hall–Kier alpha value is -1.56. The number of nitrogens with zero attached hydrogens (tertiary/aromatic N) is 1. The van der Waals surface area contributed by atoms with Gasteiger partial charge in [-0.1, -0.05) is 0 Å². The molecule has 0 fully saturated rings. The fourth-order valence-electron chi connectivity index (χ4n) is 1.45. The molecule has 0 aliphatic heterocycles. The van der Waals surface area contributed by atoms with Crippen molar-refractivity contribution in [3.63, 3.8) is 0 Å². The number of sulfonamides is 1. The van der Waals surface area contributed by atoms with Crippen LogP contribution in [0.1, 0.15) is 17.5 Å². The molecule has 0 bridgehead atoms. The molecule has 5 nitrogen and oxygen atoms in total. The Morgan fingerprint density at radius 1 is 1.32 bits per heavy atom. The molecular weight excluding hydrogens is 276 g/mol. The molecule has 0 saturated heterocycles. The van der Waals surface area contributed by atoms with Gasteiger partial charge in [0.2, 0.25) is 10.0 Å². The van der Waals surface area contributed by atoms with Crippen LogP contribution in [0.25, 0.3) is 0 Å². The highest BCUT2D eigenvalue weighted by Crippen LogP contribution is 2.14. The summed E-state index contributed by atoms with van der Waals surface area (Å²) in [5.41, 5.74) is -0.275. The number of nitrogens with one attached hydrogen (secondary N) is 1. The molecule has 0 heterocycles. The summed E-state index contributed by atoms with van der Waals surface area (Å²) in [5, 5.41) is 16.0. The lowest BCUT2D eigenvalue weighted by atomic mass is 10.1. The maximum absolute atomic E-state index is 13.4. The van der Waals surface area contributed by atoms with Crippen LogP contribution in [-0.4, -0.2) is 20.7 Å². The Labute approximate surface area is 110 Å². The molecular formula is C11H13F2N3O2S. The molecule has 1 aromatic rings. The molecule has 0 aliphatic rings. The largest absolute Gasteiger partial charge is 0.312 e. The maximum Gasteiger partial charge on any atom is 0.209 e. The van der Waals surface area contributed by atoms with Crippen molar-refractivity contribution in [2.45, 2.75) is 13.0 Å². The standard InChI is InChI=1S/C11H13F2N3O2S/c12-10-4-8(6-14)5-11(13)9(10)7-16-2-1-3-19(15,17)18/h4-5,16H,1-3,7H2,(H2,15,17,18). The van der Waals surface area contributed by atoms with Gasteiger partial charge in [0, 0.05) is 12.1 Å². The summed E-state index contributed by atoms with van der Waals surface area (Å²) in [6.45, 7) is 0.170. The van der Waals surface area contributed by atoms with Gasteiger partial charge in [-0.15, -0.1) is 0 Å². The molecule has 104 valence electrons. The Morgan fingerprint density at radius 3 is 2.37 bits per heavy atom. The average Bonchev–Trinajstić information content (AvgIpc) is 2.30. The molecule has 0 spiro atoms. The molecule has 8 heteroatoms. The van der Waals surface area contributed by atoms with Gasteiger partial charge in [0.25, 0.3) is 0 Å². The van der Waals surface area contributed by atoms with Gasteiger partial charge in [-0.05, 0) is 25.1 Å². The van der Waals surface area contributed by atoms with Crippen molar-refractivity contribution in [1.29, 1.82) is 5.26 Å². The minimum Gasteiger partial charge on any atom is -0.312 e. The van der Waals surface area contributed by atoms with E-state index < -0.39 is 21.7 Å². The zero-order valence-corrected chi connectivity index (χ0v) is 10.8. The third-order valence-electron chi connectivity index (χ3n) is 2.35. The van der Waals surface area contributed by atoms with Crippen LogP contribution in [0.15, 0.2) is 12.1 Å². The SMILES string of the molecule is N#Cc1cc(F)c(CNCCCS(N)(=O)=O)c(F)c1. The van der Waals surface area contributed by atoms with E-state index in [1.165, 1.54) is 0 Å². The molecule has 1 aromatic carbocycles. The van der Waals surface area contributed by atoms with E-state index in [1.807, 2.05) is 0 Å². The van der Waals surface area contributed by atoms with E-state index in [2.05, 4.69) is 5.32 Å². The normalized spacial score (nSPS) is 11.3. The van der Waals surface area contributed by atoms with Crippen molar-refractivity contribution in [2.75, 3.05) is 12.3 Å². The quantitative estimate of drug-likeness (QED) is 0.750. The number of rotatable bonds is 6. The molecule has 0 aliphatic carbocycles. The highest BCUT2D eigenvalue weighted by Gasteiger charge is 2.10. The molecule has 1 rings (SSSR count). The third-order valence-corrected chi connectivity index (χ3v) is 3.21. The fraction of sp³-hybridized carbons (Fsp3) is 0.364. The van der Waals surface area contributed by atoms with Crippen LogP contribution in [0.2, 0.25) is 0 Å². The van der Waals surface area contributed by atoms with Gasteiger partial charge in [-0.25, -0.2) is 22.3 Å². The predicted molar refractivity (Wildman–Crippen MR) is 65.4 cm³/mol. The van der Waals surface area contributed by atoms with Gasteiger partial charge >= 0.3 is 0 Å². The van der Waals surface area contributed by atoms with Gasteiger partial charge in [0.1, 0.15) is 11.6 Å². The summed E-state index contributed by atoms with van der Waals surface area (Å²) in [7, 11) is -3.52. The summed E-state index contributed by atoms with van der Waals surface area (Å²) in [6.07, 6.45) is 0.248. The first-order valence-electron chi connectivity index (χ1n) is 5.42. The Kier molecular flexibility index (Phi) is 5.35. The number of hydrogen-bond acceptors (Lipinski definition) is 4. The van der Waals surface area contributed by atoms with Crippen LogP contribution in [0, 0.1) is 23.0 Å². The zero-order chi connectivity index (χ0) is 14.5. The number of hydrogen-bond donors (Lipinski definition) is 2. The molecule has 0 unspecified atom stereocenters. The summed E-state index contributed by atoms with van der Waals surface area (Å²) in [4.78, 5) is 0. The van der Waals surface area contributed by atoms with Crippen LogP contribution in [0.3, 0.4) is 0 Å². The lowest BCUT2D eigenvalue weighted by Gasteiger charge is -2.07. The molecule has 0 saturated carbocycles. The van der Waals surface area contributed by atoms with E-state index in [9.17, 15) is 17.2 Å². The third kappa shape index (κ3) is 5.30. The fourth-order valence-corrected chi connectivity index (χ4v) is 1.99. The number of primary sulfonamides is 1. The maximum atomic E-state index is 13.4. The summed E-state index contributed by atoms with van der Waals surface area (Å²) in [6, 6.07) is 3.55. The second kappa shape index (κ2) is 6.56. The Bertz CT molecular complexity index is 573. The van der Waals surface area contributed by atoms with Crippen molar-refractivity contribution in [3.8, 4) is 6.07 Å². The predicted octanol–water partition coefficient (Wildman–Crippen LogP) is 0.605. The van der Waals surface area contributed by atoms with Crippen LogP contribution in [-0.2, 0) is 16.6 Å². The van der Waals surface area contributed by atoms with E-state index in [-0.39, 0.29) is 36.4 Å². The van der Waals surface area contributed by atoms with Crippen molar-refractivity contribution in [3.05, 3.63) is 34.9 Å². The van der Waals surface area contributed by atoms with Crippen LogP contribution < -0.4 is 10.5 Å². The average molecular weight is 289 g/mol. The van der Waals surface area contributed by atoms with Crippen LogP contribution >= 0.6 is 0 Å². The van der Waals surface area contributed by atoms with Gasteiger partial charge in [-0.2, -0.15) is 5.26 Å². The van der Waals surface area contributed by atoms with Crippen molar-refractivity contribution in [2.24, 2.45) is 5.14 Å². The number of nitriles is 1. The zero-order valence-electron chi connectivity index (χ0n) is 9.99. The van der Waals surface area contributed by atoms with Crippen molar-refractivity contribution in [1.82, 2.24) is 5.32 Å². The minimum absolute atomic E-state index is 0.0893. The van der Waals surface area contributed by atoms with Gasteiger partial charge < -0.3 is 5.32 Å². The number of halogens is 2. The van der Waals surface area contributed by atoms with Gasteiger partial charge in [0.15, 0.2) is 0 Å². The molecule has 0 radical (unpaired) electrons. The number of nitrogens with two attached hydrogens (primary N) is 1. The van der Waals surface area contributed by atoms with E-state index >= 15 is 0 Å². The summed E-state index contributed by atoms with van der Waals surface area (Å²) < 4.78 is 48.2. The second-order valence-electron chi connectivity index (χ2n) is 3.93. The van der Waals surface area contributed by atoms with E-state index in [4.69, 9.17) is 10.4 Å². The van der Waals surface area contributed by atoms with E-state index in [0.29, 0.717) is 0 Å². The molecule has 0 amide bonds. The highest BCUT2D eigenvalue weighted by atomic mass is 32.2. The molecule has 0 atom stereocenters. The summed E-state index contributed by atoms with van der Waals surface area (Å²) in [5.74, 6) is -1.82. The first-order chi connectivity index (χ1) is 8.83. The minimum atomic E-state index is -3.52. The molecule has 19 heavy (non-hydrogen) atoms. The van der Waals surface area contributed by atoms with Crippen LogP contribution in [0.5, 0.6) is 0 Å². The topological polar surface area (TPSA) is 96.0 Å². The van der Waals surface area contributed by atoms with E-state index in [1.54, 1.807) is 6.07 Å². The van der Waals surface area contributed by atoms with E-state index in [0.717, 1.165) is 12.1 Å².